The van der Waals surface area contributed by atoms with Crippen LogP contribution < -0.4 is 0 Å². The van der Waals surface area contributed by atoms with E-state index in [1.807, 2.05) is 0 Å². The second-order valence-electron chi connectivity index (χ2n) is 8.26. The van der Waals surface area contributed by atoms with Gasteiger partial charge in [-0.15, -0.1) is 0 Å². The zero-order valence-electron chi connectivity index (χ0n) is 21.0. The molecule has 4 heteroatoms. The summed E-state index contributed by atoms with van der Waals surface area (Å²) in [4.78, 5) is 23.8. The highest BCUT2D eigenvalue weighted by Crippen LogP contribution is 2.15. The zero-order chi connectivity index (χ0) is 23.7. The van der Waals surface area contributed by atoms with Crippen molar-refractivity contribution in [1.82, 2.24) is 0 Å². The van der Waals surface area contributed by atoms with Gasteiger partial charge in [-0.1, -0.05) is 89.3 Å². The molecular formula is C28H48O4. The van der Waals surface area contributed by atoms with E-state index >= 15 is 0 Å². The molecule has 0 spiro atoms. The van der Waals surface area contributed by atoms with Crippen LogP contribution in [-0.2, 0) is 19.1 Å². The lowest BCUT2D eigenvalue weighted by Gasteiger charge is -2.14. The summed E-state index contributed by atoms with van der Waals surface area (Å²) in [5.74, 6) is -0.372. The quantitative estimate of drug-likeness (QED) is 0.102. The fraction of sp³-hybridized carbons (Fsp3) is 0.714. The second kappa shape index (κ2) is 23.8. The molecule has 0 saturated heterocycles. The van der Waals surface area contributed by atoms with Crippen LogP contribution in [0.1, 0.15) is 111 Å². The molecule has 0 aromatic carbocycles. The van der Waals surface area contributed by atoms with Crippen LogP contribution >= 0.6 is 0 Å². The van der Waals surface area contributed by atoms with Crippen molar-refractivity contribution in [3.63, 3.8) is 0 Å². The summed E-state index contributed by atoms with van der Waals surface area (Å²) in [6.45, 7) is 6.61. The maximum atomic E-state index is 12.0. The summed E-state index contributed by atoms with van der Waals surface area (Å²) in [6.07, 6.45) is 27.2. The minimum absolute atomic E-state index is 0.0222. The van der Waals surface area contributed by atoms with Gasteiger partial charge in [0.05, 0.1) is 5.92 Å². The number of unbranched alkanes of at least 4 members (excludes halogenated alkanes) is 5. The van der Waals surface area contributed by atoms with Gasteiger partial charge in [0.25, 0.3) is 0 Å². The molecule has 0 rings (SSSR count). The lowest BCUT2D eigenvalue weighted by atomic mass is 9.99. The minimum Gasteiger partial charge on any atom is -0.462 e. The van der Waals surface area contributed by atoms with Gasteiger partial charge in [-0.25, -0.2) is 0 Å². The number of hydrogen-bond donors (Lipinski definition) is 0. The molecule has 0 aromatic heterocycles. The maximum Gasteiger partial charge on any atom is 0.309 e. The Labute approximate surface area is 197 Å². The first-order chi connectivity index (χ1) is 15.7. The Morgan fingerprint density at radius 2 is 1.25 bits per heavy atom. The number of carbonyl (C=O) groups excluding carboxylic acids is 2. The van der Waals surface area contributed by atoms with Crippen LogP contribution in [0.4, 0.5) is 0 Å². The Balaban J connectivity index is 3.54. The summed E-state index contributed by atoms with van der Waals surface area (Å²) in [5, 5.41) is 0. The van der Waals surface area contributed by atoms with Gasteiger partial charge in [0, 0.05) is 6.42 Å². The molecule has 0 aliphatic carbocycles. The highest BCUT2D eigenvalue weighted by atomic mass is 16.6. The fourth-order valence-electron chi connectivity index (χ4n) is 3.45. The molecular weight excluding hydrogens is 400 g/mol. The van der Waals surface area contributed by atoms with Crippen molar-refractivity contribution in [1.29, 1.82) is 0 Å². The SMILES string of the molecule is CC/C=C\C/C=C\C/C=C\CCCCCCCC(=O)OCCOC(=O)C(CCC)CCC. The third-order valence-electron chi connectivity index (χ3n) is 5.23. The van der Waals surface area contributed by atoms with E-state index in [1.54, 1.807) is 0 Å². The summed E-state index contributed by atoms with van der Waals surface area (Å²) in [6, 6.07) is 0. The average molecular weight is 449 g/mol. The second-order valence-corrected chi connectivity index (χ2v) is 8.26. The molecule has 0 unspecified atom stereocenters. The van der Waals surface area contributed by atoms with E-state index in [0.717, 1.165) is 70.6 Å². The Morgan fingerprint density at radius 1 is 0.688 bits per heavy atom. The summed E-state index contributed by atoms with van der Waals surface area (Å²) < 4.78 is 10.4. The lowest BCUT2D eigenvalue weighted by molar-refractivity contribution is -0.155. The molecule has 0 bridgehead atoms. The van der Waals surface area contributed by atoms with E-state index in [1.165, 1.54) is 12.8 Å². The standard InChI is InChI=1S/C28H48O4/c1-4-7-8-9-10-11-12-13-14-15-16-17-18-19-20-23-27(29)31-24-25-32-28(30)26(21-5-2)22-6-3/h7-8,10-11,13-14,26H,4-6,9,12,15-25H2,1-3H3/b8-7-,11-10-,14-13-. The fourth-order valence-corrected chi connectivity index (χ4v) is 3.45. The molecule has 0 saturated carbocycles. The Morgan fingerprint density at radius 3 is 1.91 bits per heavy atom. The van der Waals surface area contributed by atoms with Crippen molar-refractivity contribution in [3.05, 3.63) is 36.5 Å². The lowest BCUT2D eigenvalue weighted by Crippen LogP contribution is -2.20. The van der Waals surface area contributed by atoms with E-state index in [-0.39, 0.29) is 31.1 Å². The van der Waals surface area contributed by atoms with Gasteiger partial charge < -0.3 is 9.47 Å². The first-order valence-electron chi connectivity index (χ1n) is 12.9. The van der Waals surface area contributed by atoms with Crippen LogP contribution in [0.5, 0.6) is 0 Å². The first-order valence-corrected chi connectivity index (χ1v) is 12.9. The van der Waals surface area contributed by atoms with Crippen molar-refractivity contribution < 1.29 is 19.1 Å². The number of allylic oxidation sites excluding steroid dienone is 6. The summed E-state index contributed by atoms with van der Waals surface area (Å²) >= 11 is 0. The Kier molecular flexibility index (Phi) is 22.4. The zero-order valence-corrected chi connectivity index (χ0v) is 21.0. The molecule has 0 aliphatic heterocycles. The Hall–Kier alpha value is -1.84. The van der Waals surface area contributed by atoms with Gasteiger partial charge in [0.15, 0.2) is 0 Å². The maximum absolute atomic E-state index is 12.0. The minimum atomic E-state index is -0.194. The van der Waals surface area contributed by atoms with Gasteiger partial charge in [0.1, 0.15) is 13.2 Å². The molecule has 0 N–H and O–H groups in total. The van der Waals surface area contributed by atoms with Crippen molar-refractivity contribution in [2.45, 2.75) is 111 Å². The van der Waals surface area contributed by atoms with Gasteiger partial charge in [-0.05, 0) is 51.4 Å². The number of rotatable bonds is 21. The monoisotopic (exact) mass is 448 g/mol. The van der Waals surface area contributed by atoms with Gasteiger partial charge in [0.2, 0.25) is 0 Å². The van der Waals surface area contributed by atoms with Crippen LogP contribution in [-0.4, -0.2) is 25.2 Å². The normalized spacial score (nSPS) is 11.9. The van der Waals surface area contributed by atoms with Crippen molar-refractivity contribution in [2.75, 3.05) is 13.2 Å². The van der Waals surface area contributed by atoms with E-state index in [4.69, 9.17) is 9.47 Å². The van der Waals surface area contributed by atoms with Crippen molar-refractivity contribution >= 4 is 11.9 Å². The van der Waals surface area contributed by atoms with Crippen molar-refractivity contribution in [3.8, 4) is 0 Å². The summed E-state index contributed by atoms with van der Waals surface area (Å²) in [7, 11) is 0. The third-order valence-corrected chi connectivity index (χ3v) is 5.23. The molecule has 0 atom stereocenters. The topological polar surface area (TPSA) is 52.6 Å². The third kappa shape index (κ3) is 20.1. The molecule has 184 valence electrons. The number of hydrogen-bond acceptors (Lipinski definition) is 4. The molecule has 0 heterocycles. The number of ether oxygens (including phenoxy) is 2. The first kappa shape index (κ1) is 30.2. The number of esters is 2. The van der Waals surface area contributed by atoms with Crippen LogP contribution in [0, 0.1) is 5.92 Å². The molecule has 0 fully saturated rings. The highest BCUT2D eigenvalue weighted by molar-refractivity contribution is 5.72. The van der Waals surface area contributed by atoms with E-state index < -0.39 is 0 Å². The van der Waals surface area contributed by atoms with Gasteiger partial charge >= 0.3 is 11.9 Å². The largest absolute Gasteiger partial charge is 0.462 e. The predicted octanol–water partition coefficient (Wildman–Crippen LogP) is 7.88. The van der Waals surface area contributed by atoms with E-state index in [0.29, 0.717) is 6.42 Å². The highest BCUT2D eigenvalue weighted by Gasteiger charge is 2.18. The molecule has 0 aliphatic rings. The molecule has 0 radical (unpaired) electrons. The summed E-state index contributed by atoms with van der Waals surface area (Å²) in [5.41, 5.74) is 0. The van der Waals surface area contributed by atoms with Crippen molar-refractivity contribution in [2.24, 2.45) is 5.92 Å². The van der Waals surface area contributed by atoms with Crippen LogP contribution in [0.15, 0.2) is 36.5 Å². The predicted molar refractivity (Wildman–Crippen MR) is 134 cm³/mol. The van der Waals surface area contributed by atoms with Crippen LogP contribution in [0.25, 0.3) is 0 Å². The van der Waals surface area contributed by atoms with E-state index in [2.05, 4.69) is 57.2 Å². The number of carbonyl (C=O) groups is 2. The molecule has 32 heavy (non-hydrogen) atoms. The Bertz CT molecular complexity index is 528. The molecule has 4 nitrogen and oxygen atoms in total. The van der Waals surface area contributed by atoms with E-state index in [9.17, 15) is 9.59 Å². The van der Waals surface area contributed by atoms with Gasteiger partial charge in [-0.3, -0.25) is 9.59 Å². The molecule has 0 amide bonds. The molecule has 0 aromatic rings. The van der Waals surface area contributed by atoms with Gasteiger partial charge in [-0.2, -0.15) is 0 Å². The smallest absolute Gasteiger partial charge is 0.309 e. The van der Waals surface area contributed by atoms with Crippen LogP contribution in [0.3, 0.4) is 0 Å². The average Bonchev–Trinajstić information content (AvgIpc) is 2.79. The van der Waals surface area contributed by atoms with Crippen LogP contribution in [0.2, 0.25) is 0 Å².